The van der Waals surface area contributed by atoms with Crippen molar-refractivity contribution >= 4 is 23.6 Å². The van der Waals surface area contributed by atoms with Crippen LogP contribution in [0.5, 0.6) is 5.75 Å². The lowest BCUT2D eigenvalue weighted by atomic mass is 10.2. The zero-order valence-electron chi connectivity index (χ0n) is 13.2. The third-order valence-electron chi connectivity index (χ3n) is 3.12. The second kappa shape index (κ2) is 7.68. The monoisotopic (exact) mass is 344 g/mol. The molecule has 0 aliphatic rings. The van der Waals surface area contributed by atoms with Crippen molar-refractivity contribution in [3.8, 4) is 5.75 Å². The van der Waals surface area contributed by atoms with Gasteiger partial charge in [0, 0.05) is 16.8 Å². The Hall–Kier alpha value is -3.75. The molecule has 0 radical (unpaired) electrons. The molecule has 0 bridgehead atoms. The molecule has 130 valence electrons. The van der Waals surface area contributed by atoms with Crippen LogP contribution < -0.4 is 21.3 Å². The van der Waals surface area contributed by atoms with E-state index in [1.807, 2.05) is 0 Å². The highest BCUT2D eigenvalue weighted by molar-refractivity contribution is 5.97. The molecule has 0 atom stereocenters. The van der Waals surface area contributed by atoms with Gasteiger partial charge < -0.3 is 15.6 Å². The van der Waals surface area contributed by atoms with Gasteiger partial charge in [0.25, 0.3) is 11.8 Å². The van der Waals surface area contributed by atoms with E-state index in [2.05, 4.69) is 10.9 Å². The van der Waals surface area contributed by atoms with E-state index in [1.165, 1.54) is 43.5 Å². The van der Waals surface area contributed by atoms with Gasteiger partial charge in [-0.2, -0.15) is 0 Å². The number of hydrazine groups is 2. The maximum atomic E-state index is 12.2. The minimum absolute atomic E-state index is 0.160. The van der Waals surface area contributed by atoms with Gasteiger partial charge in [-0.05, 0) is 42.5 Å². The molecular weight excluding hydrogens is 328 g/mol. The number of methoxy groups -OCH3 is 1. The summed E-state index contributed by atoms with van der Waals surface area (Å²) >= 11 is 0. The highest BCUT2D eigenvalue weighted by Gasteiger charge is 2.20. The number of nitrogens with zero attached hydrogens (tertiary/aromatic N) is 1. The quantitative estimate of drug-likeness (QED) is 0.489. The minimum atomic E-state index is -1.57. The number of carbonyl (C=O) groups is 3. The lowest BCUT2D eigenvalue weighted by Gasteiger charge is -2.20. The predicted molar refractivity (Wildman–Crippen MR) is 88.6 cm³/mol. The lowest BCUT2D eigenvalue weighted by molar-refractivity contribution is 0.0539. The molecule has 0 saturated carbocycles. The molecule has 2 aromatic rings. The first kappa shape index (κ1) is 17.6. The summed E-state index contributed by atoms with van der Waals surface area (Å²) in [5.74, 6) is -1.03. The average Bonchev–Trinajstić information content (AvgIpc) is 2.61. The Morgan fingerprint density at radius 1 is 1.00 bits per heavy atom. The molecule has 0 aliphatic heterocycles. The van der Waals surface area contributed by atoms with Crippen molar-refractivity contribution in [2.24, 2.45) is 0 Å². The fourth-order valence-corrected chi connectivity index (χ4v) is 1.85. The molecular formula is C16H16N4O5. The van der Waals surface area contributed by atoms with Gasteiger partial charge in [0.1, 0.15) is 5.75 Å². The molecule has 0 aliphatic carbocycles. The summed E-state index contributed by atoms with van der Waals surface area (Å²) in [6.45, 7) is 0. The van der Waals surface area contributed by atoms with Gasteiger partial charge in [-0.15, -0.1) is 5.12 Å². The molecule has 9 nitrogen and oxygen atoms in total. The Morgan fingerprint density at radius 3 is 2.16 bits per heavy atom. The normalized spacial score (nSPS) is 9.80. The maximum absolute atomic E-state index is 12.2. The number of nitrogen functional groups attached to an aromatic ring is 1. The van der Waals surface area contributed by atoms with Crippen molar-refractivity contribution in [1.82, 2.24) is 16.0 Å². The van der Waals surface area contributed by atoms with Crippen LogP contribution in [0.15, 0.2) is 48.5 Å². The summed E-state index contributed by atoms with van der Waals surface area (Å²) in [6.07, 6.45) is -1.57. The Morgan fingerprint density at radius 2 is 1.60 bits per heavy atom. The second-order valence-electron chi connectivity index (χ2n) is 4.85. The Kier molecular flexibility index (Phi) is 5.41. The Labute approximate surface area is 142 Å². The third kappa shape index (κ3) is 4.61. The number of anilines is 1. The smallest absolute Gasteiger partial charge is 0.446 e. The molecule has 5 N–H and O–H groups in total. The number of ether oxygens (including phenoxy) is 1. The number of carboxylic acid groups (broad SMARTS) is 1. The first-order valence-corrected chi connectivity index (χ1v) is 7.05. The summed E-state index contributed by atoms with van der Waals surface area (Å²) in [5, 5.41) is 9.44. The van der Waals surface area contributed by atoms with E-state index < -0.39 is 17.9 Å². The number of benzene rings is 2. The molecule has 25 heavy (non-hydrogen) atoms. The second-order valence-corrected chi connectivity index (χ2v) is 4.85. The van der Waals surface area contributed by atoms with Gasteiger partial charge in [0.05, 0.1) is 7.11 Å². The first-order chi connectivity index (χ1) is 11.9. The van der Waals surface area contributed by atoms with E-state index in [4.69, 9.17) is 15.6 Å². The zero-order chi connectivity index (χ0) is 18.4. The van der Waals surface area contributed by atoms with Crippen LogP contribution in [-0.4, -0.2) is 35.2 Å². The van der Waals surface area contributed by atoms with Crippen LogP contribution in [0.1, 0.15) is 20.7 Å². The highest BCUT2D eigenvalue weighted by Crippen LogP contribution is 2.12. The SMILES string of the molecule is COc1cccc(C(=O)NN(NC(=O)c2ccc(N)cc2)C(=O)O)c1. The highest BCUT2D eigenvalue weighted by atomic mass is 16.5. The van der Waals surface area contributed by atoms with Gasteiger partial charge in [-0.1, -0.05) is 6.07 Å². The van der Waals surface area contributed by atoms with Gasteiger partial charge in [-0.25, -0.2) is 15.6 Å². The summed E-state index contributed by atoms with van der Waals surface area (Å²) < 4.78 is 5.00. The summed E-state index contributed by atoms with van der Waals surface area (Å²) in [7, 11) is 1.44. The molecule has 0 spiro atoms. The molecule has 2 rings (SSSR count). The van der Waals surface area contributed by atoms with E-state index in [-0.39, 0.29) is 16.2 Å². The standard InChI is InChI=1S/C16H16N4O5/c1-25-13-4-2-3-11(9-13)15(22)19-20(16(23)24)18-14(21)10-5-7-12(17)8-6-10/h2-9H,17H2,1H3,(H,18,21)(H,19,22)(H,23,24). The van der Waals surface area contributed by atoms with Crippen molar-refractivity contribution in [1.29, 1.82) is 0 Å². The third-order valence-corrected chi connectivity index (χ3v) is 3.12. The zero-order valence-corrected chi connectivity index (χ0v) is 13.2. The fourth-order valence-electron chi connectivity index (χ4n) is 1.85. The van der Waals surface area contributed by atoms with Crippen molar-refractivity contribution in [2.45, 2.75) is 0 Å². The number of carbonyl (C=O) groups excluding carboxylic acids is 2. The number of hydrogen-bond donors (Lipinski definition) is 4. The van der Waals surface area contributed by atoms with Crippen LogP contribution in [0.3, 0.4) is 0 Å². The predicted octanol–water partition coefficient (Wildman–Crippen LogP) is 1.25. The number of rotatable bonds is 3. The molecule has 0 unspecified atom stereocenters. The number of amides is 3. The Balaban J connectivity index is 2.09. The van der Waals surface area contributed by atoms with Gasteiger partial charge in [0.15, 0.2) is 0 Å². The number of hydrogen-bond acceptors (Lipinski definition) is 5. The first-order valence-electron chi connectivity index (χ1n) is 7.05. The van der Waals surface area contributed by atoms with E-state index in [0.717, 1.165) is 0 Å². The molecule has 0 aromatic heterocycles. The maximum Gasteiger partial charge on any atom is 0.446 e. The van der Waals surface area contributed by atoms with Crippen molar-refractivity contribution < 1.29 is 24.2 Å². The van der Waals surface area contributed by atoms with Crippen LogP contribution in [0.25, 0.3) is 0 Å². The van der Waals surface area contributed by atoms with Crippen molar-refractivity contribution in [2.75, 3.05) is 12.8 Å². The fraction of sp³-hybridized carbons (Fsp3) is 0.0625. The van der Waals surface area contributed by atoms with Crippen LogP contribution in [-0.2, 0) is 0 Å². The summed E-state index contributed by atoms with van der Waals surface area (Å²) in [5.41, 5.74) is 10.5. The average molecular weight is 344 g/mol. The van der Waals surface area contributed by atoms with Crippen molar-refractivity contribution in [3.05, 3.63) is 59.7 Å². The van der Waals surface area contributed by atoms with Crippen LogP contribution in [0, 0.1) is 0 Å². The lowest BCUT2D eigenvalue weighted by Crippen LogP contribution is -2.55. The van der Waals surface area contributed by atoms with E-state index >= 15 is 0 Å². The molecule has 3 amide bonds. The van der Waals surface area contributed by atoms with Crippen LogP contribution in [0.2, 0.25) is 0 Å². The van der Waals surface area contributed by atoms with E-state index in [1.54, 1.807) is 12.1 Å². The molecule has 0 fully saturated rings. The molecule has 0 heterocycles. The summed E-state index contributed by atoms with van der Waals surface area (Å²) in [4.78, 5) is 35.5. The Bertz CT molecular complexity index is 791. The van der Waals surface area contributed by atoms with Crippen LogP contribution >= 0.6 is 0 Å². The molecule has 0 saturated heterocycles. The number of nitrogens with one attached hydrogen (secondary N) is 2. The van der Waals surface area contributed by atoms with E-state index in [0.29, 0.717) is 11.4 Å². The van der Waals surface area contributed by atoms with Gasteiger partial charge in [-0.3, -0.25) is 9.59 Å². The largest absolute Gasteiger partial charge is 0.497 e. The number of nitrogens with two attached hydrogens (primary N) is 1. The van der Waals surface area contributed by atoms with Crippen molar-refractivity contribution in [3.63, 3.8) is 0 Å². The van der Waals surface area contributed by atoms with E-state index in [9.17, 15) is 14.4 Å². The van der Waals surface area contributed by atoms with Gasteiger partial charge in [0.2, 0.25) is 0 Å². The topological polar surface area (TPSA) is 134 Å². The van der Waals surface area contributed by atoms with Crippen LogP contribution in [0.4, 0.5) is 10.5 Å². The minimum Gasteiger partial charge on any atom is -0.497 e. The van der Waals surface area contributed by atoms with Gasteiger partial charge >= 0.3 is 6.09 Å². The molecule has 2 aromatic carbocycles. The molecule has 9 heteroatoms. The summed E-state index contributed by atoms with van der Waals surface area (Å²) in [6, 6.07) is 11.9.